The lowest BCUT2D eigenvalue weighted by Gasteiger charge is -2.07. The van der Waals surface area contributed by atoms with Gasteiger partial charge in [0.2, 0.25) is 0 Å². The Morgan fingerprint density at radius 1 is 1.47 bits per heavy atom. The van der Waals surface area contributed by atoms with Crippen molar-refractivity contribution in [3.63, 3.8) is 0 Å². The first-order valence-electron chi connectivity index (χ1n) is 5.45. The van der Waals surface area contributed by atoms with Crippen LogP contribution < -0.4 is 0 Å². The molecule has 1 rings (SSSR count). The van der Waals surface area contributed by atoms with Crippen LogP contribution in [-0.4, -0.2) is 30.3 Å². The van der Waals surface area contributed by atoms with Gasteiger partial charge in [-0.25, -0.2) is 0 Å². The number of esters is 1. The third-order valence-corrected chi connectivity index (χ3v) is 3.36. The molecule has 4 nitrogen and oxygen atoms in total. The summed E-state index contributed by atoms with van der Waals surface area (Å²) in [6.45, 7) is 6.52. The summed E-state index contributed by atoms with van der Waals surface area (Å²) in [6.07, 6.45) is 0.427. The molecule has 1 heterocycles. The van der Waals surface area contributed by atoms with Crippen molar-refractivity contribution in [2.45, 2.75) is 33.3 Å². The van der Waals surface area contributed by atoms with Crippen molar-refractivity contribution in [2.24, 2.45) is 0 Å². The number of aromatic nitrogens is 1. The first kappa shape index (κ1) is 14.3. The zero-order valence-corrected chi connectivity index (χ0v) is 11.9. The van der Waals surface area contributed by atoms with Crippen LogP contribution in [0.3, 0.4) is 0 Å². The monoisotopic (exact) mass is 275 g/mol. The number of ether oxygens (including phenoxy) is 2. The summed E-state index contributed by atoms with van der Waals surface area (Å²) in [5, 5.41) is 0. The summed E-state index contributed by atoms with van der Waals surface area (Å²) in [4.78, 5) is 15.4. The molecule has 0 aliphatic carbocycles. The normalized spacial score (nSPS) is 10.8. The minimum Gasteiger partial charge on any atom is -0.463 e. The Morgan fingerprint density at radius 3 is 2.71 bits per heavy atom. The van der Waals surface area contributed by atoms with Gasteiger partial charge >= 0.3 is 5.97 Å². The third-order valence-electron chi connectivity index (χ3n) is 2.03. The fraction of sp³-hybridized carbons (Fsp3) is 0.636. The van der Waals surface area contributed by atoms with E-state index in [1.54, 1.807) is 0 Å². The lowest BCUT2D eigenvalue weighted by atomic mass is 10.3. The zero-order valence-electron chi connectivity index (χ0n) is 10.2. The molecule has 0 bridgehead atoms. The van der Waals surface area contributed by atoms with Crippen LogP contribution in [0.15, 0.2) is 0 Å². The topological polar surface area (TPSA) is 51.3 Å². The van der Waals surface area contributed by atoms with Crippen LogP contribution in [0.25, 0.3) is 0 Å². The van der Waals surface area contributed by atoms with Gasteiger partial charge in [0.05, 0.1) is 19.1 Å². The molecular weight excluding hydrogens is 258 g/mol. The maximum Gasteiger partial charge on any atom is 0.311 e. The number of hydrogen-bond donors (Lipinski definition) is 1. The fourth-order valence-corrected chi connectivity index (χ4v) is 2.50. The average Bonchev–Trinajstić information content (AvgIpc) is 2.52. The Morgan fingerprint density at radius 2 is 2.18 bits per heavy atom. The summed E-state index contributed by atoms with van der Waals surface area (Å²) in [5.41, 5.74) is 0.940. The molecule has 0 saturated heterocycles. The summed E-state index contributed by atoms with van der Waals surface area (Å²) >= 11 is 6.41. The van der Waals surface area contributed by atoms with Gasteiger partial charge < -0.3 is 14.5 Å². The van der Waals surface area contributed by atoms with Gasteiger partial charge in [-0.3, -0.25) is 4.79 Å². The quantitative estimate of drug-likeness (QED) is 0.492. The Labute approximate surface area is 110 Å². The SMILES string of the molecule is Cc1[nH]c(=S)sc1CC(=O)OCCOC(C)C. The predicted octanol–water partition coefficient (Wildman–Crippen LogP) is 2.62. The number of hydrogen-bond acceptors (Lipinski definition) is 5. The van der Waals surface area contributed by atoms with Gasteiger partial charge in [0.25, 0.3) is 0 Å². The summed E-state index contributed by atoms with van der Waals surface area (Å²) in [7, 11) is 0. The number of rotatable bonds is 6. The van der Waals surface area contributed by atoms with Crippen LogP contribution in [0.4, 0.5) is 0 Å². The Balaban J connectivity index is 2.30. The van der Waals surface area contributed by atoms with E-state index in [9.17, 15) is 4.79 Å². The third kappa shape index (κ3) is 5.43. The van der Waals surface area contributed by atoms with E-state index in [-0.39, 0.29) is 18.5 Å². The van der Waals surface area contributed by atoms with Gasteiger partial charge in [0.15, 0.2) is 3.95 Å². The second-order valence-electron chi connectivity index (χ2n) is 3.88. The van der Waals surface area contributed by atoms with Gasteiger partial charge in [0, 0.05) is 10.6 Å². The number of nitrogens with one attached hydrogen (secondary N) is 1. The summed E-state index contributed by atoms with van der Waals surface area (Å²) in [5.74, 6) is -0.245. The number of aryl methyl sites for hydroxylation is 1. The van der Waals surface area contributed by atoms with E-state index in [2.05, 4.69) is 4.98 Å². The predicted molar refractivity (Wildman–Crippen MR) is 70.0 cm³/mol. The van der Waals surface area contributed by atoms with E-state index in [0.717, 1.165) is 10.6 Å². The van der Waals surface area contributed by atoms with Gasteiger partial charge in [-0.05, 0) is 33.0 Å². The highest BCUT2D eigenvalue weighted by Crippen LogP contribution is 2.15. The molecule has 1 aromatic rings. The van der Waals surface area contributed by atoms with Crippen molar-refractivity contribution < 1.29 is 14.3 Å². The molecule has 6 heteroatoms. The zero-order chi connectivity index (χ0) is 12.8. The van der Waals surface area contributed by atoms with Gasteiger partial charge in [-0.1, -0.05) is 0 Å². The molecule has 0 aliphatic rings. The molecule has 0 amide bonds. The van der Waals surface area contributed by atoms with Crippen molar-refractivity contribution in [2.75, 3.05) is 13.2 Å². The molecule has 96 valence electrons. The fourth-order valence-electron chi connectivity index (χ4n) is 1.23. The maximum absolute atomic E-state index is 11.5. The van der Waals surface area contributed by atoms with Crippen LogP contribution in [0.2, 0.25) is 0 Å². The van der Waals surface area contributed by atoms with Gasteiger partial charge in [-0.15, -0.1) is 11.3 Å². The number of aromatic amines is 1. The largest absolute Gasteiger partial charge is 0.463 e. The molecule has 0 atom stereocenters. The number of carbonyl (C=O) groups excluding carboxylic acids is 1. The van der Waals surface area contributed by atoms with Crippen LogP contribution in [0, 0.1) is 10.9 Å². The summed E-state index contributed by atoms with van der Waals surface area (Å²) in [6, 6.07) is 0. The molecular formula is C11H17NO3S2. The van der Waals surface area contributed by atoms with E-state index < -0.39 is 0 Å². The van der Waals surface area contributed by atoms with Crippen LogP contribution in [0.1, 0.15) is 24.4 Å². The van der Waals surface area contributed by atoms with E-state index in [1.807, 2.05) is 20.8 Å². The van der Waals surface area contributed by atoms with Crippen molar-refractivity contribution in [3.05, 3.63) is 14.5 Å². The highest BCUT2D eigenvalue weighted by molar-refractivity contribution is 7.73. The molecule has 0 aromatic carbocycles. The Hall–Kier alpha value is -0.720. The molecule has 1 aromatic heterocycles. The molecule has 0 fully saturated rings. The lowest BCUT2D eigenvalue weighted by molar-refractivity contribution is -0.144. The minimum absolute atomic E-state index is 0.158. The van der Waals surface area contributed by atoms with E-state index in [1.165, 1.54) is 11.3 Å². The van der Waals surface area contributed by atoms with Crippen LogP contribution in [-0.2, 0) is 20.7 Å². The Bertz CT molecular complexity index is 423. The van der Waals surface area contributed by atoms with Crippen molar-refractivity contribution in [1.29, 1.82) is 0 Å². The maximum atomic E-state index is 11.5. The van der Waals surface area contributed by atoms with Crippen LogP contribution in [0.5, 0.6) is 0 Å². The van der Waals surface area contributed by atoms with E-state index in [4.69, 9.17) is 21.7 Å². The van der Waals surface area contributed by atoms with E-state index in [0.29, 0.717) is 17.2 Å². The van der Waals surface area contributed by atoms with Crippen molar-refractivity contribution >= 4 is 29.5 Å². The standard InChI is InChI=1S/C11H17NO3S2/c1-7(2)14-4-5-15-10(13)6-9-8(3)12-11(16)17-9/h7H,4-6H2,1-3H3,(H,12,16). The number of carbonyl (C=O) groups is 1. The van der Waals surface area contributed by atoms with E-state index >= 15 is 0 Å². The number of H-pyrrole nitrogens is 1. The molecule has 0 spiro atoms. The van der Waals surface area contributed by atoms with Crippen molar-refractivity contribution in [1.82, 2.24) is 4.98 Å². The van der Waals surface area contributed by atoms with Crippen LogP contribution >= 0.6 is 23.6 Å². The molecule has 0 aliphatic heterocycles. The highest BCUT2D eigenvalue weighted by Gasteiger charge is 2.09. The van der Waals surface area contributed by atoms with Gasteiger partial charge in [0.1, 0.15) is 6.61 Å². The minimum atomic E-state index is -0.245. The number of thiazole rings is 1. The first-order valence-corrected chi connectivity index (χ1v) is 6.67. The Kier molecular flexibility index (Phi) is 5.80. The van der Waals surface area contributed by atoms with Gasteiger partial charge in [-0.2, -0.15) is 0 Å². The molecule has 0 radical (unpaired) electrons. The van der Waals surface area contributed by atoms with Crippen molar-refractivity contribution in [3.8, 4) is 0 Å². The summed E-state index contributed by atoms with van der Waals surface area (Å²) < 4.78 is 11.0. The molecule has 17 heavy (non-hydrogen) atoms. The highest BCUT2D eigenvalue weighted by atomic mass is 32.1. The smallest absolute Gasteiger partial charge is 0.311 e. The molecule has 0 saturated carbocycles. The first-order chi connectivity index (χ1) is 7.99. The second kappa shape index (κ2) is 6.88. The molecule has 1 N–H and O–H groups in total. The average molecular weight is 275 g/mol. The lowest BCUT2D eigenvalue weighted by Crippen LogP contribution is -2.14. The second-order valence-corrected chi connectivity index (χ2v) is 5.65. The molecule has 0 unspecified atom stereocenters.